The van der Waals surface area contributed by atoms with Gasteiger partial charge in [0.1, 0.15) is 0 Å². The van der Waals surface area contributed by atoms with Crippen LogP contribution in [0.4, 0.5) is 5.69 Å². The van der Waals surface area contributed by atoms with Crippen molar-refractivity contribution in [3.8, 4) is 0 Å². The Hall–Kier alpha value is -1.05. The van der Waals surface area contributed by atoms with Crippen molar-refractivity contribution in [3.05, 3.63) is 23.0 Å². The lowest BCUT2D eigenvalue weighted by Crippen LogP contribution is -2.01. The van der Waals surface area contributed by atoms with Gasteiger partial charge in [0.2, 0.25) is 0 Å². The molecule has 0 saturated carbocycles. The molecule has 0 aliphatic carbocycles. The largest absolute Gasteiger partial charge is 0.397 e. The molecule has 1 rings (SSSR count). The van der Waals surface area contributed by atoms with Crippen LogP contribution in [0.3, 0.4) is 0 Å². The minimum atomic E-state index is 0.816. The third-order valence-electron chi connectivity index (χ3n) is 2.50. The zero-order valence-corrected chi connectivity index (χ0v) is 8.72. The van der Waals surface area contributed by atoms with Crippen molar-refractivity contribution in [2.45, 2.75) is 40.0 Å². The number of nitrogens with two attached hydrogens (primary N) is 1. The molecule has 0 atom stereocenters. The van der Waals surface area contributed by atoms with Crippen LogP contribution >= 0.6 is 0 Å². The van der Waals surface area contributed by atoms with Crippen LogP contribution in [0.5, 0.6) is 0 Å². The molecule has 0 unspecified atom stereocenters. The number of unbranched alkanes of at least 4 members (excludes halogenated alkanes) is 1. The molecule has 1 heterocycles. The Bertz CT molecular complexity index is 292. The molecule has 0 aliphatic rings. The number of hydrogen-bond donors (Lipinski definition) is 1. The van der Waals surface area contributed by atoms with Crippen molar-refractivity contribution in [2.75, 3.05) is 5.73 Å². The van der Waals surface area contributed by atoms with Crippen LogP contribution < -0.4 is 5.73 Å². The van der Waals surface area contributed by atoms with Crippen LogP contribution in [0.1, 0.15) is 36.6 Å². The fraction of sp³-hybridized carbons (Fsp3) is 0.545. The maximum Gasteiger partial charge on any atom is 0.0533 e. The van der Waals surface area contributed by atoms with Gasteiger partial charge in [-0.25, -0.2) is 0 Å². The lowest BCUT2D eigenvalue weighted by molar-refractivity contribution is 0.782. The number of aryl methyl sites for hydroxylation is 1. The van der Waals surface area contributed by atoms with E-state index in [0.29, 0.717) is 0 Å². The first-order chi connectivity index (χ1) is 6.16. The molecule has 2 nitrogen and oxygen atoms in total. The Kier molecular flexibility index (Phi) is 3.29. The molecule has 0 spiro atoms. The number of rotatable bonds is 3. The highest BCUT2D eigenvalue weighted by atomic mass is 14.7. The molecule has 0 radical (unpaired) electrons. The summed E-state index contributed by atoms with van der Waals surface area (Å²) in [6.45, 7) is 6.33. The molecule has 0 fully saturated rings. The predicted octanol–water partition coefficient (Wildman–Crippen LogP) is 2.62. The van der Waals surface area contributed by atoms with Gasteiger partial charge in [0.15, 0.2) is 0 Å². The molecule has 1 aromatic rings. The van der Waals surface area contributed by atoms with E-state index in [0.717, 1.165) is 17.8 Å². The normalized spacial score (nSPS) is 10.4. The zero-order valence-electron chi connectivity index (χ0n) is 8.72. The number of nitrogen functional groups attached to an aromatic ring is 1. The fourth-order valence-electron chi connectivity index (χ4n) is 1.51. The van der Waals surface area contributed by atoms with Crippen LogP contribution in [0.2, 0.25) is 0 Å². The highest BCUT2D eigenvalue weighted by Gasteiger charge is 2.05. The van der Waals surface area contributed by atoms with E-state index in [1.54, 1.807) is 6.20 Å². The van der Waals surface area contributed by atoms with Crippen LogP contribution in [-0.4, -0.2) is 4.98 Å². The Morgan fingerprint density at radius 1 is 1.38 bits per heavy atom. The Morgan fingerprint density at radius 2 is 2.08 bits per heavy atom. The van der Waals surface area contributed by atoms with E-state index in [2.05, 4.69) is 25.8 Å². The molecular weight excluding hydrogens is 160 g/mol. The van der Waals surface area contributed by atoms with Crippen molar-refractivity contribution in [1.82, 2.24) is 4.98 Å². The second-order valence-corrected chi connectivity index (χ2v) is 3.51. The molecule has 0 saturated heterocycles. The van der Waals surface area contributed by atoms with E-state index in [9.17, 15) is 0 Å². The van der Waals surface area contributed by atoms with Crippen LogP contribution in [0, 0.1) is 13.8 Å². The lowest BCUT2D eigenvalue weighted by Gasteiger charge is -2.10. The van der Waals surface area contributed by atoms with Gasteiger partial charge in [-0.2, -0.15) is 0 Å². The number of nitrogens with zero attached hydrogens (tertiary/aromatic N) is 1. The molecule has 0 bridgehead atoms. The van der Waals surface area contributed by atoms with Crippen LogP contribution in [-0.2, 0) is 6.42 Å². The first-order valence-corrected chi connectivity index (χ1v) is 4.87. The fourth-order valence-corrected chi connectivity index (χ4v) is 1.51. The average Bonchev–Trinajstić information content (AvgIpc) is 2.12. The van der Waals surface area contributed by atoms with E-state index >= 15 is 0 Å². The van der Waals surface area contributed by atoms with Gasteiger partial charge in [0, 0.05) is 5.69 Å². The van der Waals surface area contributed by atoms with Gasteiger partial charge in [-0.15, -0.1) is 0 Å². The Labute approximate surface area is 80.2 Å². The minimum Gasteiger partial charge on any atom is -0.397 e. The monoisotopic (exact) mass is 178 g/mol. The standard InChI is InChI=1S/C11H18N2/c1-4-5-6-10-8(2)11(12)7-13-9(10)3/h7H,4-6,12H2,1-3H3. The maximum atomic E-state index is 5.80. The molecular formula is C11H18N2. The quantitative estimate of drug-likeness (QED) is 0.772. The van der Waals surface area contributed by atoms with Gasteiger partial charge in [-0.1, -0.05) is 13.3 Å². The molecule has 0 aromatic carbocycles. The minimum absolute atomic E-state index is 0.816. The van der Waals surface area contributed by atoms with Crippen LogP contribution in [0.25, 0.3) is 0 Å². The Morgan fingerprint density at radius 3 is 2.69 bits per heavy atom. The van der Waals surface area contributed by atoms with E-state index in [1.807, 2.05) is 0 Å². The van der Waals surface area contributed by atoms with Crippen molar-refractivity contribution in [3.63, 3.8) is 0 Å². The van der Waals surface area contributed by atoms with E-state index in [-0.39, 0.29) is 0 Å². The van der Waals surface area contributed by atoms with Crippen molar-refractivity contribution < 1.29 is 0 Å². The smallest absolute Gasteiger partial charge is 0.0533 e. The summed E-state index contributed by atoms with van der Waals surface area (Å²) in [5.41, 5.74) is 10.3. The molecule has 72 valence electrons. The van der Waals surface area contributed by atoms with Gasteiger partial charge in [0.25, 0.3) is 0 Å². The summed E-state index contributed by atoms with van der Waals surface area (Å²) >= 11 is 0. The van der Waals surface area contributed by atoms with Crippen molar-refractivity contribution in [1.29, 1.82) is 0 Å². The maximum absolute atomic E-state index is 5.80. The van der Waals surface area contributed by atoms with Crippen LogP contribution in [0.15, 0.2) is 6.20 Å². The highest BCUT2D eigenvalue weighted by Crippen LogP contribution is 2.19. The number of pyridine rings is 1. The third-order valence-corrected chi connectivity index (χ3v) is 2.50. The summed E-state index contributed by atoms with van der Waals surface area (Å²) in [7, 11) is 0. The zero-order chi connectivity index (χ0) is 9.84. The second kappa shape index (κ2) is 4.26. The van der Waals surface area contributed by atoms with Gasteiger partial charge in [-0.3, -0.25) is 4.98 Å². The third kappa shape index (κ3) is 2.20. The van der Waals surface area contributed by atoms with Gasteiger partial charge >= 0.3 is 0 Å². The summed E-state index contributed by atoms with van der Waals surface area (Å²) < 4.78 is 0. The SMILES string of the molecule is CCCCc1c(C)ncc(N)c1C. The predicted molar refractivity (Wildman–Crippen MR) is 56.7 cm³/mol. The molecule has 2 heteroatoms. The first kappa shape index (κ1) is 10.0. The first-order valence-electron chi connectivity index (χ1n) is 4.87. The average molecular weight is 178 g/mol. The second-order valence-electron chi connectivity index (χ2n) is 3.51. The molecule has 13 heavy (non-hydrogen) atoms. The van der Waals surface area contributed by atoms with Gasteiger partial charge in [0.05, 0.1) is 11.9 Å². The highest BCUT2D eigenvalue weighted by molar-refractivity contribution is 5.49. The van der Waals surface area contributed by atoms with Gasteiger partial charge < -0.3 is 5.73 Å². The van der Waals surface area contributed by atoms with Crippen molar-refractivity contribution >= 4 is 5.69 Å². The van der Waals surface area contributed by atoms with E-state index < -0.39 is 0 Å². The molecule has 0 amide bonds. The topological polar surface area (TPSA) is 38.9 Å². The number of anilines is 1. The van der Waals surface area contributed by atoms with Crippen molar-refractivity contribution in [2.24, 2.45) is 0 Å². The van der Waals surface area contributed by atoms with Gasteiger partial charge in [-0.05, 0) is 37.8 Å². The summed E-state index contributed by atoms with van der Waals surface area (Å²) in [5, 5.41) is 0. The Balaban J connectivity index is 2.96. The number of hydrogen-bond acceptors (Lipinski definition) is 2. The van der Waals surface area contributed by atoms with E-state index in [1.165, 1.54) is 24.0 Å². The molecule has 2 N–H and O–H groups in total. The van der Waals surface area contributed by atoms with E-state index in [4.69, 9.17) is 5.73 Å². The molecule has 1 aromatic heterocycles. The lowest BCUT2D eigenvalue weighted by atomic mass is 10.0. The summed E-state index contributed by atoms with van der Waals surface area (Å²) in [6, 6.07) is 0. The summed E-state index contributed by atoms with van der Waals surface area (Å²) in [4.78, 5) is 4.27. The number of aromatic nitrogens is 1. The summed E-state index contributed by atoms with van der Waals surface area (Å²) in [5.74, 6) is 0. The summed E-state index contributed by atoms with van der Waals surface area (Å²) in [6.07, 6.45) is 5.28. The molecule has 0 aliphatic heterocycles.